The van der Waals surface area contributed by atoms with E-state index in [2.05, 4.69) is 5.32 Å². The van der Waals surface area contributed by atoms with Gasteiger partial charge >= 0.3 is 0 Å². The van der Waals surface area contributed by atoms with Crippen LogP contribution < -0.4 is 5.32 Å². The lowest BCUT2D eigenvalue weighted by Gasteiger charge is -2.06. The Kier molecular flexibility index (Phi) is 3.57. The minimum Gasteiger partial charge on any atom is -0.375 e. The molecule has 0 saturated carbocycles. The number of nitrogens with zero attached hydrogens (tertiary/aromatic N) is 1. The lowest BCUT2D eigenvalue weighted by molar-refractivity contribution is -0.384. The summed E-state index contributed by atoms with van der Waals surface area (Å²) in [6, 6.07) is 5.50. The van der Waals surface area contributed by atoms with E-state index in [1.54, 1.807) is 11.3 Å². The predicted molar refractivity (Wildman–Crippen MR) is 69.4 cm³/mol. The SMILES string of the molecule is Cc1ccsc1CNc1ccc(F)cc1[N+](=O)[O-]. The van der Waals surface area contributed by atoms with Crippen molar-refractivity contribution in [3.8, 4) is 0 Å². The van der Waals surface area contributed by atoms with E-state index in [9.17, 15) is 14.5 Å². The van der Waals surface area contributed by atoms with Gasteiger partial charge in [0.25, 0.3) is 5.69 Å². The number of halogens is 1. The molecule has 2 rings (SSSR count). The minimum atomic E-state index is -0.612. The molecule has 1 aromatic carbocycles. The van der Waals surface area contributed by atoms with Crippen molar-refractivity contribution in [2.24, 2.45) is 0 Å². The van der Waals surface area contributed by atoms with E-state index in [4.69, 9.17) is 0 Å². The lowest BCUT2D eigenvalue weighted by atomic mass is 10.2. The van der Waals surface area contributed by atoms with Crippen molar-refractivity contribution in [1.82, 2.24) is 0 Å². The van der Waals surface area contributed by atoms with Crippen LogP contribution in [0.4, 0.5) is 15.8 Å². The van der Waals surface area contributed by atoms with E-state index in [0.717, 1.165) is 16.5 Å². The summed E-state index contributed by atoms with van der Waals surface area (Å²) >= 11 is 1.58. The van der Waals surface area contributed by atoms with Crippen LogP contribution in [0.2, 0.25) is 0 Å². The number of thiophene rings is 1. The van der Waals surface area contributed by atoms with Gasteiger partial charge in [-0.05, 0) is 36.1 Å². The molecule has 1 N–H and O–H groups in total. The van der Waals surface area contributed by atoms with E-state index in [1.165, 1.54) is 12.1 Å². The van der Waals surface area contributed by atoms with Gasteiger partial charge in [-0.25, -0.2) is 4.39 Å². The number of nitro benzene ring substituents is 1. The van der Waals surface area contributed by atoms with Gasteiger partial charge in [0.1, 0.15) is 11.5 Å². The first-order valence-electron chi connectivity index (χ1n) is 5.28. The summed E-state index contributed by atoms with van der Waals surface area (Å²) in [5.74, 6) is -0.612. The van der Waals surface area contributed by atoms with Gasteiger partial charge in [0.05, 0.1) is 11.0 Å². The quantitative estimate of drug-likeness (QED) is 0.678. The third-order valence-electron chi connectivity index (χ3n) is 2.56. The average Bonchev–Trinajstić information content (AvgIpc) is 2.73. The van der Waals surface area contributed by atoms with Crippen molar-refractivity contribution in [3.05, 3.63) is 56.0 Å². The molecule has 0 aliphatic heterocycles. The molecule has 0 aliphatic rings. The fourth-order valence-corrected chi connectivity index (χ4v) is 2.41. The molecule has 2 aromatic rings. The summed E-state index contributed by atoms with van der Waals surface area (Å²) in [6.45, 7) is 2.47. The third kappa shape index (κ3) is 2.65. The summed E-state index contributed by atoms with van der Waals surface area (Å²) in [6.07, 6.45) is 0. The molecule has 18 heavy (non-hydrogen) atoms. The smallest absolute Gasteiger partial charge is 0.295 e. The number of rotatable bonds is 4. The van der Waals surface area contributed by atoms with Gasteiger partial charge in [0, 0.05) is 11.4 Å². The van der Waals surface area contributed by atoms with Crippen molar-refractivity contribution in [3.63, 3.8) is 0 Å². The van der Waals surface area contributed by atoms with E-state index < -0.39 is 10.7 Å². The molecule has 6 heteroatoms. The molecule has 1 aromatic heterocycles. The minimum absolute atomic E-state index is 0.246. The second-order valence-electron chi connectivity index (χ2n) is 3.80. The number of nitro groups is 1. The van der Waals surface area contributed by atoms with E-state index >= 15 is 0 Å². The number of nitrogens with one attached hydrogen (secondary N) is 1. The fourth-order valence-electron chi connectivity index (χ4n) is 1.57. The van der Waals surface area contributed by atoms with Crippen LogP contribution in [0.15, 0.2) is 29.6 Å². The molecule has 4 nitrogen and oxygen atoms in total. The van der Waals surface area contributed by atoms with E-state index in [0.29, 0.717) is 12.2 Å². The van der Waals surface area contributed by atoms with Crippen molar-refractivity contribution in [2.75, 3.05) is 5.32 Å². The van der Waals surface area contributed by atoms with Gasteiger partial charge in [0.15, 0.2) is 0 Å². The van der Waals surface area contributed by atoms with Crippen molar-refractivity contribution in [2.45, 2.75) is 13.5 Å². The zero-order valence-electron chi connectivity index (χ0n) is 9.64. The van der Waals surface area contributed by atoms with Crippen molar-refractivity contribution < 1.29 is 9.31 Å². The van der Waals surface area contributed by atoms with E-state index in [-0.39, 0.29) is 5.69 Å². The maximum atomic E-state index is 13.0. The van der Waals surface area contributed by atoms with Crippen LogP contribution in [0.3, 0.4) is 0 Å². The zero-order valence-corrected chi connectivity index (χ0v) is 10.5. The van der Waals surface area contributed by atoms with Gasteiger partial charge < -0.3 is 5.32 Å². The van der Waals surface area contributed by atoms with Crippen molar-refractivity contribution >= 4 is 22.7 Å². The Hall–Kier alpha value is -1.95. The summed E-state index contributed by atoms with van der Waals surface area (Å²) in [5.41, 5.74) is 1.22. The molecule has 0 fully saturated rings. The normalized spacial score (nSPS) is 10.3. The largest absolute Gasteiger partial charge is 0.375 e. The molecule has 0 unspecified atom stereocenters. The highest BCUT2D eigenvalue weighted by atomic mass is 32.1. The molecule has 0 amide bonds. The summed E-state index contributed by atoms with van der Waals surface area (Å²) < 4.78 is 13.0. The zero-order chi connectivity index (χ0) is 13.1. The molecule has 0 atom stereocenters. The summed E-state index contributed by atoms with van der Waals surface area (Å²) in [4.78, 5) is 11.3. The van der Waals surface area contributed by atoms with Crippen LogP contribution in [0.25, 0.3) is 0 Å². The molecule has 0 aliphatic carbocycles. The Balaban J connectivity index is 2.19. The van der Waals surface area contributed by atoms with Crippen LogP contribution in [-0.4, -0.2) is 4.92 Å². The average molecular weight is 266 g/mol. The number of benzene rings is 1. The Labute approximate surface area is 107 Å². The highest BCUT2D eigenvalue weighted by molar-refractivity contribution is 7.10. The van der Waals surface area contributed by atoms with Crippen LogP contribution in [0.1, 0.15) is 10.4 Å². The number of hydrogen-bond donors (Lipinski definition) is 1. The Morgan fingerprint density at radius 2 is 2.22 bits per heavy atom. The molecular weight excluding hydrogens is 255 g/mol. The highest BCUT2D eigenvalue weighted by Crippen LogP contribution is 2.26. The molecule has 0 radical (unpaired) electrons. The summed E-state index contributed by atoms with van der Waals surface area (Å²) in [7, 11) is 0. The first-order chi connectivity index (χ1) is 8.58. The molecule has 0 spiro atoms. The molecule has 1 heterocycles. The first kappa shape index (κ1) is 12.5. The summed E-state index contributed by atoms with van der Waals surface area (Å²) in [5, 5.41) is 15.7. The predicted octanol–water partition coefficient (Wildman–Crippen LogP) is 3.72. The Morgan fingerprint density at radius 1 is 1.44 bits per heavy atom. The molecular formula is C12H11FN2O2S. The highest BCUT2D eigenvalue weighted by Gasteiger charge is 2.14. The maximum absolute atomic E-state index is 13.0. The number of hydrogen-bond acceptors (Lipinski definition) is 4. The Morgan fingerprint density at radius 3 is 2.83 bits per heavy atom. The van der Waals surface area contributed by atoms with Gasteiger partial charge in [-0.3, -0.25) is 10.1 Å². The van der Waals surface area contributed by atoms with Gasteiger partial charge in [-0.15, -0.1) is 11.3 Å². The standard InChI is InChI=1S/C12H11FN2O2S/c1-8-4-5-18-12(8)7-14-10-3-2-9(13)6-11(10)15(16)17/h2-6,14H,7H2,1H3. The molecule has 0 saturated heterocycles. The van der Waals surface area contributed by atoms with Gasteiger partial charge in [-0.2, -0.15) is 0 Å². The second-order valence-corrected chi connectivity index (χ2v) is 4.80. The van der Waals surface area contributed by atoms with Crippen LogP contribution in [0, 0.1) is 22.9 Å². The lowest BCUT2D eigenvalue weighted by Crippen LogP contribution is -2.02. The molecule has 94 valence electrons. The maximum Gasteiger partial charge on any atom is 0.295 e. The third-order valence-corrected chi connectivity index (χ3v) is 3.59. The first-order valence-corrected chi connectivity index (χ1v) is 6.16. The number of aryl methyl sites for hydroxylation is 1. The van der Waals surface area contributed by atoms with Gasteiger partial charge in [-0.1, -0.05) is 0 Å². The van der Waals surface area contributed by atoms with Gasteiger partial charge in [0.2, 0.25) is 0 Å². The van der Waals surface area contributed by atoms with Crippen LogP contribution >= 0.6 is 11.3 Å². The molecule has 0 bridgehead atoms. The Bertz CT molecular complexity index is 583. The van der Waals surface area contributed by atoms with E-state index in [1.807, 2.05) is 18.4 Å². The monoisotopic (exact) mass is 266 g/mol. The second kappa shape index (κ2) is 5.14. The van der Waals surface area contributed by atoms with Crippen LogP contribution in [-0.2, 0) is 6.54 Å². The van der Waals surface area contributed by atoms with Crippen LogP contribution in [0.5, 0.6) is 0 Å². The van der Waals surface area contributed by atoms with Crippen molar-refractivity contribution in [1.29, 1.82) is 0 Å². The fraction of sp³-hybridized carbons (Fsp3) is 0.167. The topological polar surface area (TPSA) is 55.2 Å². The number of anilines is 1.